The van der Waals surface area contributed by atoms with Crippen molar-refractivity contribution < 1.29 is 23.8 Å². The molecule has 2 aromatic rings. The highest BCUT2D eigenvalue weighted by Crippen LogP contribution is 2.28. The third-order valence-corrected chi connectivity index (χ3v) is 3.56. The highest BCUT2D eigenvalue weighted by Gasteiger charge is 2.10. The molecule has 2 rings (SSSR count). The lowest BCUT2D eigenvalue weighted by Crippen LogP contribution is -2.35. The number of carbonyl (C=O) groups excluding carboxylic acids is 2. The first kappa shape index (κ1) is 19.4. The zero-order valence-electron chi connectivity index (χ0n) is 14.4. The maximum Gasteiger partial charge on any atom is 0.258 e. The molecule has 0 unspecified atom stereocenters. The van der Waals surface area contributed by atoms with E-state index in [1.54, 1.807) is 42.5 Å². The molecule has 0 saturated carbocycles. The molecule has 0 bridgehead atoms. The number of anilines is 1. The number of hydrogen-bond acceptors (Lipinski definition) is 5. The van der Waals surface area contributed by atoms with Gasteiger partial charge in [0.15, 0.2) is 6.61 Å². The van der Waals surface area contributed by atoms with Gasteiger partial charge in [0.2, 0.25) is 5.91 Å². The number of hydrogen-bond donors (Lipinski definition) is 2. The highest BCUT2D eigenvalue weighted by molar-refractivity contribution is 6.30. The van der Waals surface area contributed by atoms with E-state index < -0.39 is 11.8 Å². The molecule has 0 aromatic heterocycles. The van der Waals surface area contributed by atoms with Gasteiger partial charge < -0.3 is 24.8 Å². The van der Waals surface area contributed by atoms with Gasteiger partial charge in [0, 0.05) is 11.1 Å². The van der Waals surface area contributed by atoms with Gasteiger partial charge >= 0.3 is 0 Å². The van der Waals surface area contributed by atoms with E-state index in [9.17, 15) is 9.59 Å². The van der Waals surface area contributed by atoms with E-state index in [0.717, 1.165) is 0 Å². The lowest BCUT2D eigenvalue weighted by molar-refractivity contribution is -0.125. The Balaban J connectivity index is 1.79. The number of amides is 2. The number of carbonyl (C=O) groups is 2. The molecule has 0 aliphatic heterocycles. The van der Waals surface area contributed by atoms with Gasteiger partial charge in [0.1, 0.15) is 17.2 Å². The fourth-order valence-corrected chi connectivity index (χ4v) is 2.13. The second-order valence-electron chi connectivity index (χ2n) is 5.13. The van der Waals surface area contributed by atoms with Gasteiger partial charge in [-0.1, -0.05) is 11.6 Å². The van der Waals surface area contributed by atoms with Crippen LogP contribution in [0.2, 0.25) is 5.02 Å². The van der Waals surface area contributed by atoms with Crippen LogP contribution in [0.4, 0.5) is 5.69 Å². The molecule has 26 heavy (non-hydrogen) atoms. The molecular weight excluding hydrogens is 360 g/mol. The number of halogens is 1. The van der Waals surface area contributed by atoms with Crippen LogP contribution in [0.15, 0.2) is 42.5 Å². The molecule has 0 fully saturated rings. The lowest BCUT2D eigenvalue weighted by atomic mass is 10.2. The van der Waals surface area contributed by atoms with Gasteiger partial charge in [0.05, 0.1) is 26.5 Å². The van der Waals surface area contributed by atoms with Crippen molar-refractivity contribution in [1.82, 2.24) is 5.32 Å². The molecule has 0 radical (unpaired) electrons. The summed E-state index contributed by atoms with van der Waals surface area (Å²) in [7, 11) is 3.02. The maximum atomic E-state index is 12.0. The quantitative estimate of drug-likeness (QED) is 0.737. The van der Waals surface area contributed by atoms with Crippen LogP contribution in [0.3, 0.4) is 0 Å². The topological polar surface area (TPSA) is 85.9 Å². The number of ether oxygens (including phenoxy) is 3. The monoisotopic (exact) mass is 378 g/mol. The Kier molecular flexibility index (Phi) is 7.11. The first-order chi connectivity index (χ1) is 12.5. The largest absolute Gasteiger partial charge is 0.497 e. The zero-order valence-corrected chi connectivity index (χ0v) is 15.1. The predicted molar refractivity (Wildman–Crippen MR) is 98.1 cm³/mol. The minimum Gasteiger partial charge on any atom is -0.497 e. The maximum absolute atomic E-state index is 12.0. The van der Waals surface area contributed by atoms with Crippen molar-refractivity contribution in [3.05, 3.63) is 47.5 Å². The van der Waals surface area contributed by atoms with E-state index in [1.807, 2.05) is 0 Å². The van der Waals surface area contributed by atoms with E-state index in [1.165, 1.54) is 14.2 Å². The third kappa shape index (κ3) is 5.86. The second kappa shape index (κ2) is 9.53. The zero-order chi connectivity index (χ0) is 18.9. The SMILES string of the molecule is COc1ccc(NC(=O)CNC(=O)COc2ccc(Cl)cc2)c(OC)c1. The molecule has 0 atom stereocenters. The fourth-order valence-electron chi connectivity index (χ4n) is 2.01. The van der Waals surface area contributed by atoms with E-state index in [0.29, 0.717) is 28.0 Å². The van der Waals surface area contributed by atoms with Crippen LogP contribution < -0.4 is 24.8 Å². The summed E-state index contributed by atoms with van der Waals surface area (Å²) in [6, 6.07) is 11.6. The minimum absolute atomic E-state index is 0.196. The highest BCUT2D eigenvalue weighted by atomic mass is 35.5. The molecule has 138 valence electrons. The van der Waals surface area contributed by atoms with Crippen molar-refractivity contribution in [2.45, 2.75) is 0 Å². The van der Waals surface area contributed by atoms with Gasteiger partial charge in [-0.25, -0.2) is 0 Å². The summed E-state index contributed by atoms with van der Waals surface area (Å²) in [5.41, 5.74) is 0.477. The Morgan fingerprint density at radius 2 is 1.65 bits per heavy atom. The van der Waals surface area contributed by atoms with E-state index in [2.05, 4.69) is 10.6 Å². The van der Waals surface area contributed by atoms with Crippen molar-refractivity contribution in [2.75, 3.05) is 32.7 Å². The lowest BCUT2D eigenvalue weighted by Gasteiger charge is -2.12. The van der Waals surface area contributed by atoms with Crippen LogP contribution >= 0.6 is 11.6 Å². The predicted octanol–water partition coefficient (Wildman–Crippen LogP) is 2.49. The molecule has 8 heteroatoms. The van der Waals surface area contributed by atoms with Gasteiger partial charge in [0.25, 0.3) is 5.91 Å². The van der Waals surface area contributed by atoms with Crippen LogP contribution in [0.1, 0.15) is 0 Å². The Morgan fingerprint density at radius 3 is 2.31 bits per heavy atom. The summed E-state index contributed by atoms with van der Waals surface area (Å²) in [4.78, 5) is 23.7. The average molecular weight is 379 g/mol. The molecule has 0 saturated heterocycles. The molecule has 2 aromatic carbocycles. The second-order valence-corrected chi connectivity index (χ2v) is 5.57. The Morgan fingerprint density at radius 1 is 0.962 bits per heavy atom. The Labute approximate surface area is 156 Å². The summed E-state index contributed by atoms with van der Waals surface area (Å²) in [5, 5.41) is 5.71. The molecule has 0 aliphatic rings. The number of nitrogens with one attached hydrogen (secondary N) is 2. The van der Waals surface area contributed by atoms with Crippen LogP contribution in [0, 0.1) is 0 Å². The summed E-state index contributed by atoms with van der Waals surface area (Å²) in [6.45, 7) is -0.404. The third-order valence-electron chi connectivity index (χ3n) is 3.31. The summed E-state index contributed by atoms with van der Waals surface area (Å²) in [5.74, 6) is 0.754. The molecule has 0 spiro atoms. The molecule has 2 N–H and O–H groups in total. The molecule has 7 nitrogen and oxygen atoms in total. The van der Waals surface area contributed by atoms with Crippen molar-refractivity contribution in [1.29, 1.82) is 0 Å². The van der Waals surface area contributed by atoms with Crippen LogP contribution in [0.5, 0.6) is 17.2 Å². The molecular formula is C18H19ClN2O5. The standard InChI is InChI=1S/C18H19ClN2O5/c1-24-14-7-8-15(16(9-14)25-2)21-17(22)10-20-18(23)11-26-13-5-3-12(19)4-6-13/h3-9H,10-11H2,1-2H3,(H,20,23)(H,21,22). The molecule has 0 heterocycles. The van der Waals surface area contributed by atoms with Gasteiger partial charge in [-0.2, -0.15) is 0 Å². The fraction of sp³-hybridized carbons (Fsp3) is 0.222. The van der Waals surface area contributed by atoms with Crippen LogP contribution in [0.25, 0.3) is 0 Å². The van der Waals surface area contributed by atoms with Crippen LogP contribution in [-0.4, -0.2) is 39.2 Å². The first-order valence-corrected chi connectivity index (χ1v) is 8.06. The molecule has 0 aliphatic carbocycles. The molecule has 2 amide bonds. The van der Waals surface area contributed by atoms with Gasteiger partial charge in [-0.3, -0.25) is 9.59 Å². The van der Waals surface area contributed by atoms with Crippen LogP contribution in [-0.2, 0) is 9.59 Å². The smallest absolute Gasteiger partial charge is 0.258 e. The van der Waals surface area contributed by atoms with Crippen molar-refractivity contribution >= 4 is 29.1 Å². The van der Waals surface area contributed by atoms with Crippen molar-refractivity contribution in [2.24, 2.45) is 0 Å². The van der Waals surface area contributed by atoms with E-state index in [-0.39, 0.29) is 13.2 Å². The van der Waals surface area contributed by atoms with Gasteiger partial charge in [-0.05, 0) is 36.4 Å². The van der Waals surface area contributed by atoms with Crippen molar-refractivity contribution in [3.63, 3.8) is 0 Å². The number of benzene rings is 2. The number of rotatable bonds is 8. The average Bonchev–Trinajstić information content (AvgIpc) is 2.66. The van der Waals surface area contributed by atoms with Crippen molar-refractivity contribution in [3.8, 4) is 17.2 Å². The Bertz CT molecular complexity index is 765. The van der Waals surface area contributed by atoms with Gasteiger partial charge in [-0.15, -0.1) is 0 Å². The number of methoxy groups -OCH3 is 2. The normalized spacial score (nSPS) is 9.96. The summed E-state index contributed by atoms with van der Waals surface area (Å²) < 4.78 is 15.6. The first-order valence-electron chi connectivity index (χ1n) is 7.68. The summed E-state index contributed by atoms with van der Waals surface area (Å²) in [6.07, 6.45) is 0. The van der Waals surface area contributed by atoms with E-state index in [4.69, 9.17) is 25.8 Å². The van der Waals surface area contributed by atoms with E-state index >= 15 is 0 Å². The minimum atomic E-state index is -0.420. The Hall–Kier alpha value is -2.93. The summed E-state index contributed by atoms with van der Waals surface area (Å²) >= 11 is 5.77.